The Morgan fingerprint density at radius 2 is 1.71 bits per heavy atom. The fraction of sp³-hybridized carbons (Fsp3) is 0.435. The third kappa shape index (κ3) is 4.08. The third-order valence-corrected chi connectivity index (χ3v) is 6.22. The van der Waals surface area contributed by atoms with Crippen molar-refractivity contribution in [3.63, 3.8) is 0 Å². The molecule has 0 saturated carbocycles. The van der Waals surface area contributed by atoms with E-state index in [2.05, 4.69) is 78.8 Å². The van der Waals surface area contributed by atoms with Crippen LogP contribution in [0.1, 0.15) is 62.1 Å². The van der Waals surface area contributed by atoms with Crippen LogP contribution in [0.15, 0.2) is 28.7 Å². The highest BCUT2D eigenvalue weighted by molar-refractivity contribution is 9.10. The molecule has 5 heteroatoms. The predicted molar refractivity (Wildman–Crippen MR) is 125 cm³/mol. The number of nitrogens with one attached hydrogen (secondary N) is 1. The van der Waals surface area contributed by atoms with E-state index in [0.717, 1.165) is 27.1 Å². The van der Waals surface area contributed by atoms with Crippen LogP contribution in [-0.2, 0) is 7.05 Å². The van der Waals surface area contributed by atoms with Crippen LogP contribution < -0.4 is 5.32 Å². The number of aromatic nitrogens is 2. The molecule has 2 aromatic carbocycles. The molecule has 0 aliphatic heterocycles. The van der Waals surface area contributed by atoms with Gasteiger partial charge in [-0.3, -0.25) is 0 Å². The van der Waals surface area contributed by atoms with Crippen molar-refractivity contribution in [3.8, 4) is 0 Å². The third-order valence-electron chi connectivity index (χ3n) is 5.45. The van der Waals surface area contributed by atoms with E-state index >= 15 is 0 Å². The van der Waals surface area contributed by atoms with Crippen molar-refractivity contribution < 1.29 is 0 Å². The quantitative estimate of drug-likeness (QED) is 0.385. The molecule has 0 aliphatic rings. The highest BCUT2D eigenvalue weighted by Crippen LogP contribution is 2.37. The number of aryl methyl sites for hydroxylation is 3. The summed E-state index contributed by atoms with van der Waals surface area (Å²) in [6.07, 6.45) is 4.72. The van der Waals surface area contributed by atoms with E-state index in [1.807, 2.05) is 6.07 Å². The number of benzene rings is 2. The van der Waals surface area contributed by atoms with Crippen molar-refractivity contribution in [2.75, 3.05) is 5.32 Å². The van der Waals surface area contributed by atoms with Gasteiger partial charge in [-0.25, -0.2) is 4.98 Å². The number of rotatable bonds is 7. The summed E-state index contributed by atoms with van der Waals surface area (Å²) in [5.74, 6) is 1.36. The number of hydrogen-bond donors (Lipinski definition) is 1. The minimum absolute atomic E-state index is 0.536. The first kappa shape index (κ1) is 21.2. The van der Waals surface area contributed by atoms with Gasteiger partial charge in [-0.15, -0.1) is 0 Å². The normalized spacial score (nSPS) is 11.6. The van der Waals surface area contributed by atoms with Gasteiger partial charge in [0.05, 0.1) is 10.5 Å². The molecular formula is C23H29BrClN3. The van der Waals surface area contributed by atoms with Crippen molar-refractivity contribution in [2.24, 2.45) is 7.05 Å². The van der Waals surface area contributed by atoms with Crippen LogP contribution in [-0.4, -0.2) is 9.55 Å². The van der Waals surface area contributed by atoms with E-state index in [4.69, 9.17) is 16.6 Å². The van der Waals surface area contributed by atoms with E-state index < -0.39 is 0 Å². The fourth-order valence-corrected chi connectivity index (χ4v) is 5.01. The van der Waals surface area contributed by atoms with Gasteiger partial charge >= 0.3 is 0 Å². The average Bonchev–Trinajstić information content (AvgIpc) is 2.96. The van der Waals surface area contributed by atoms with Gasteiger partial charge < -0.3 is 9.88 Å². The lowest BCUT2D eigenvalue weighted by Crippen LogP contribution is -2.05. The Bertz CT molecular complexity index is 964. The van der Waals surface area contributed by atoms with Crippen molar-refractivity contribution >= 4 is 50.2 Å². The predicted octanol–water partition coefficient (Wildman–Crippen LogP) is 8.03. The molecule has 1 N–H and O–H groups in total. The summed E-state index contributed by atoms with van der Waals surface area (Å²) < 4.78 is 3.25. The molecule has 28 heavy (non-hydrogen) atoms. The molecule has 3 rings (SSSR count). The first-order valence-corrected chi connectivity index (χ1v) is 11.2. The molecule has 0 bridgehead atoms. The van der Waals surface area contributed by atoms with Crippen LogP contribution in [0.2, 0.25) is 5.02 Å². The molecule has 0 spiro atoms. The minimum atomic E-state index is 0.536. The maximum Gasteiger partial charge on any atom is 0.208 e. The topological polar surface area (TPSA) is 29.9 Å². The van der Waals surface area contributed by atoms with Crippen molar-refractivity contribution in [2.45, 2.75) is 59.3 Å². The highest BCUT2D eigenvalue weighted by atomic mass is 79.9. The molecule has 0 radical (unpaired) electrons. The number of nitrogens with zero attached hydrogens (tertiary/aromatic N) is 2. The number of fused-ring (bicyclic) bond motifs is 1. The van der Waals surface area contributed by atoms with Crippen molar-refractivity contribution in [1.29, 1.82) is 0 Å². The summed E-state index contributed by atoms with van der Waals surface area (Å²) in [6.45, 7) is 8.73. The van der Waals surface area contributed by atoms with Crippen LogP contribution in [0, 0.1) is 13.8 Å². The Hall–Kier alpha value is -1.52. The van der Waals surface area contributed by atoms with Crippen molar-refractivity contribution in [1.82, 2.24) is 9.55 Å². The Labute approximate surface area is 181 Å². The van der Waals surface area contributed by atoms with Crippen LogP contribution in [0.4, 0.5) is 11.6 Å². The second kappa shape index (κ2) is 8.87. The first-order valence-electron chi connectivity index (χ1n) is 10.1. The molecular weight excluding hydrogens is 434 g/mol. The Morgan fingerprint density at radius 1 is 1.11 bits per heavy atom. The number of imidazole rings is 1. The first-order chi connectivity index (χ1) is 13.4. The Kier molecular flexibility index (Phi) is 6.72. The second-order valence-corrected chi connectivity index (χ2v) is 8.96. The van der Waals surface area contributed by atoms with Crippen LogP contribution in [0.25, 0.3) is 11.0 Å². The molecule has 0 aliphatic carbocycles. The highest BCUT2D eigenvalue weighted by Gasteiger charge is 2.20. The molecule has 0 atom stereocenters. The van der Waals surface area contributed by atoms with Gasteiger partial charge in [0.15, 0.2) is 0 Å². The summed E-state index contributed by atoms with van der Waals surface area (Å²) in [5.41, 5.74) is 6.84. The summed E-state index contributed by atoms with van der Waals surface area (Å²) in [7, 11) is 2.08. The smallest absolute Gasteiger partial charge is 0.208 e. The van der Waals surface area contributed by atoms with E-state index in [1.54, 1.807) is 0 Å². The van der Waals surface area contributed by atoms with E-state index in [-0.39, 0.29) is 0 Å². The SMILES string of the molecule is CCCC(CCC)c1ccc(Cl)c2nc(Nc3c(C)cc(Br)cc3C)n(C)c12. The van der Waals surface area contributed by atoms with Crippen LogP contribution in [0.3, 0.4) is 0 Å². The molecule has 0 fully saturated rings. The van der Waals surface area contributed by atoms with E-state index in [1.165, 1.54) is 42.4 Å². The zero-order valence-electron chi connectivity index (χ0n) is 17.4. The van der Waals surface area contributed by atoms with Gasteiger partial charge in [0, 0.05) is 17.2 Å². The maximum atomic E-state index is 6.55. The Morgan fingerprint density at radius 3 is 2.29 bits per heavy atom. The lowest BCUT2D eigenvalue weighted by atomic mass is 9.89. The van der Waals surface area contributed by atoms with Gasteiger partial charge in [0.2, 0.25) is 5.95 Å². The Balaban J connectivity index is 2.13. The second-order valence-electron chi connectivity index (χ2n) is 7.64. The van der Waals surface area contributed by atoms with Gasteiger partial charge in [-0.2, -0.15) is 0 Å². The molecule has 0 saturated heterocycles. The molecule has 3 aromatic rings. The fourth-order valence-electron chi connectivity index (χ4n) is 4.13. The van der Waals surface area contributed by atoms with Crippen LogP contribution in [0.5, 0.6) is 0 Å². The summed E-state index contributed by atoms with van der Waals surface area (Å²) >= 11 is 10.1. The molecule has 1 aromatic heterocycles. The average molecular weight is 463 g/mol. The summed E-state index contributed by atoms with van der Waals surface area (Å²) in [4.78, 5) is 4.88. The van der Waals surface area contributed by atoms with Gasteiger partial charge in [-0.1, -0.05) is 60.3 Å². The maximum absolute atomic E-state index is 6.55. The number of anilines is 2. The lowest BCUT2D eigenvalue weighted by Gasteiger charge is -2.18. The largest absolute Gasteiger partial charge is 0.325 e. The zero-order chi connectivity index (χ0) is 20.4. The van der Waals surface area contributed by atoms with Gasteiger partial charge in [0.25, 0.3) is 0 Å². The lowest BCUT2D eigenvalue weighted by molar-refractivity contribution is 0.562. The van der Waals surface area contributed by atoms with Crippen molar-refractivity contribution in [3.05, 3.63) is 50.5 Å². The molecule has 0 unspecified atom stereocenters. The molecule has 3 nitrogen and oxygen atoms in total. The van der Waals surface area contributed by atoms with E-state index in [0.29, 0.717) is 10.9 Å². The zero-order valence-corrected chi connectivity index (χ0v) is 19.7. The van der Waals surface area contributed by atoms with Gasteiger partial charge in [-0.05, 0) is 67.5 Å². The standard InChI is InChI=1S/C23H29BrClN3/c1-6-8-16(9-7-2)18-10-11-19(25)21-22(18)28(5)23(27-21)26-20-14(3)12-17(24)13-15(20)4/h10-13,16H,6-9H2,1-5H3,(H,26,27). The van der Waals surface area contributed by atoms with Gasteiger partial charge in [0.1, 0.15) is 5.52 Å². The summed E-state index contributed by atoms with van der Waals surface area (Å²) in [5, 5.41) is 4.26. The molecule has 0 amide bonds. The molecule has 1 heterocycles. The number of hydrogen-bond acceptors (Lipinski definition) is 2. The monoisotopic (exact) mass is 461 g/mol. The van der Waals surface area contributed by atoms with E-state index in [9.17, 15) is 0 Å². The van der Waals surface area contributed by atoms with Crippen LogP contribution >= 0.6 is 27.5 Å². The number of halogens is 2. The molecule has 150 valence electrons. The minimum Gasteiger partial charge on any atom is -0.325 e. The summed E-state index contributed by atoms with van der Waals surface area (Å²) in [6, 6.07) is 8.44.